The summed E-state index contributed by atoms with van der Waals surface area (Å²) in [5, 5.41) is 1.61. The minimum Gasteiger partial charge on any atom is -0.481 e. The molecule has 0 spiro atoms. The van der Waals surface area contributed by atoms with Gasteiger partial charge in [0.15, 0.2) is 0 Å². The molecule has 0 aliphatic heterocycles. The number of benzene rings is 1. The van der Waals surface area contributed by atoms with Gasteiger partial charge in [-0.2, -0.15) is 0 Å². The smallest absolute Gasteiger partial charge is 0.263 e. The summed E-state index contributed by atoms with van der Waals surface area (Å²) in [7, 11) is -2.20. The number of nitrogen functional groups attached to an aromatic ring is 1. The summed E-state index contributed by atoms with van der Waals surface area (Å²) in [6, 6.07) is 9.72. The second-order valence-electron chi connectivity index (χ2n) is 4.78. The van der Waals surface area contributed by atoms with Crippen molar-refractivity contribution in [2.45, 2.75) is 4.90 Å². The van der Waals surface area contributed by atoms with Crippen molar-refractivity contribution in [2.75, 3.05) is 17.6 Å². The Morgan fingerprint density at radius 3 is 2.65 bits per heavy atom. The number of rotatable bonds is 4. The van der Waals surface area contributed by atoms with Crippen LogP contribution in [0.3, 0.4) is 0 Å². The van der Waals surface area contributed by atoms with Gasteiger partial charge in [-0.1, -0.05) is 0 Å². The topological polar surface area (TPSA) is 107 Å². The number of nitrogens with two attached hydrogens (primary N) is 1. The molecule has 118 valence electrons. The molecule has 2 heterocycles. The van der Waals surface area contributed by atoms with Crippen molar-refractivity contribution in [3.63, 3.8) is 0 Å². The summed E-state index contributed by atoms with van der Waals surface area (Å²) in [6.45, 7) is 0. The van der Waals surface area contributed by atoms with E-state index in [1.165, 1.54) is 25.4 Å². The van der Waals surface area contributed by atoms with Crippen LogP contribution in [0.2, 0.25) is 0 Å². The Labute approximate surface area is 133 Å². The SMILES string of the molecule is COc1nccc2cc(NS(=O)(=O)c3ccc(N)nc3)ccc12. The van der Waals surface area contributed by atoms with Gasteiger partial charge in [0.2, 0.25) is 5.88 Å². The molecule has 0 radical (unpaired) electrons. The van der Waals surface area contributed by atoms with Crippen LogP contribution < -0.4 is 15.2 Å². The van der Waals surface area contributed by atoms with E-state index in [-0.39, 0.29) is 10.7 Å². The number of ether oxygens (including phenoxy) is 1. The number of aromatic nitrogens is 2. The molecule has 0 aliphatic rings. The minimum atomic E-state index is -3.73. The van der Waals surface area contributed by atoms with Crippen LogP contribution in [-0.4, -0.2) is 25.5 Å². The van der Waals surface area contributed by atoms with Gasteiger partial charge in [0.1, 0.15) is 10.7 Å². The molecule has 0 saturated carbocycles. The van der Waals surface area contributed by atoms with Crippen molar-refractivity contribution in [1.29, 1.82) is 0 Å². The van der Waals surface area contributed by atoms with Crippen LogP contribution in [0.4, 0.5) is 11.5 Å². The first-order chi connectivity index (χ1) is 11.0. The highest BCUT2D eigenvalue weighted by Crippen LogP contribution is 2.26. The van der Waals surface area contributed by atoms with E-state index >= 15 is 0 Å². The molecule has 0 bridgehead atoms. The Hall–Kier alpha value is -2.87. The monoisotopic (exact) mass is 330 g/mol. The first kappa shape index (κ1) is 15.0. The highest BCUT2D eigenvalue weighted by atomic mass is 32.2. The number of anilines is 2. The van der Waals surface area contributed by atoms with Gasteiger partial charge in [-0.05, 0) is 41.8 Å². The van der Waals surface area contributed by atoms with Gasteiger partial charge in [-0.3, -0.25) is 4.72 Å². The maximum atomic E-state index is 12.3. The lowest BCUT2D eigenvalue weighted by atomic mass is 10.1. The summed E-state index contributed by atoms with van der Waals surface area (Å²) < 4.78 is 32.4. The molecular weight excluding hydrogens is 316 g/mol. The second kappa shape index (κ2) is 5.73. The van der Waals surface area contributed by atoms with Crippen LogP contribution in [0.25, 0.3) is 10.8 Å². The van der Waals surface area contributed by atoms with Crippen LogP contribution >= 0.6 is 0 Å². The number of hydrogen-bond acceptors (Lipinski definition) is 6. The van der Waals surface area contributed by atoms with Gasteiger partial charge in [-0.25, -0.2) is 18.4 Å². The molecule has 0 aliphatic carbocycles. The van der Waals surface area contributed by atoms with Crippen molar-refractivity contribution in [3.05, 3.63) is 48.8 Å². The zero-order valence-corrected chi connectivity index (χ0v) is 13.0. The average molecular weight is 330 g/mol. The summed E-state index contributed by atoms with van der Waals surface area (Å²) in [5.74, 6) is 0.744. The van der Waals surface area contributed by atoms with E-state index in [9.17, 15) is 8.42 Å². The Morgan fingerprint density at radius 2 is 1.96 bits per heavy atom. The quantitative estimate of drug-likeness (QED) is 0.758. The fourth-order valence-electron chi connectivity index (χ4n) is 2.14. The van der Waals surface area contributed by atoms with Crippen molar-refractivity contribution in [3.8, 4) is 5.88 Å². The molecule has 0 saturated heterocycles. The van der Waals surface area contributed by atoms with E-state index in [0.29, 0.717) is 11.6 Å². The van der Waals surface area contributed by atoms with Gasteiger partial charge in [0.05, 0.1) is 7.11 Å². The number of nitrogens with one attached hydrogen (secondary N) is 1. The number of methoxy groups -OCH3 is 1. The maximum Gasteiger partial charge on any atom is 0.263 e. The van der Waals surface area contributed by atoms with E-state index in [2.05, 4.69) is 14.7 Å². The van der Waals surface area contributed by atoms with Gasteiger partial charge in [0.25, 0.3) is 10.0 Å². The Morgan fingerprint density at radius 1 is 1.13 bits per heavy atom. The average Bonchev–Trinajstić information content (AvgIpc) is 2.54. The summed E-state index contributed by atoms with van der Waals surface area (Å²) >= 11 is 0. The fourth-order valence-corrected chi connectivity index (χ4v) is 3.13. The molecule has 3 aromatic rings. The fraction of sp³-hybridized carbons (Fsp3) is 0.0667. The Bertz CT molecular complexity index is 956. The number of nitrogens with zero attached hydrogens (tertiary/aromatic N) is 2. The largest absolute Gasteiger partial charge is 0.481 e. The Balaban J connectivity index is 1.96. The molecule has 1 aromatic carbocycles. The predicted octanol–water partition coefficient (Wildman–Crippen LogP) is 2.02. The summed E-state index contributed by atoms with van der Waals surface area (Å²) in [4.78, 5) is 7.94. The molecular formula is C15H14N4O3S. The Kier molecular flexibility index (Phi) is 3.75. The third-order valence-corrected chi connectivity index (χ3v) is 4.61. The van der Waals surface area contributed by atoms with E-state index < -0.39 is 10.0 Å². The summed E-state index contributed by atoms with van der Waals surface area (Å²) in [5.41, 5.74) is 5.90. The van der Waals surface area contributed by atoms with Gasteiger partial charge < -0.3 is 10.5 Å². The third-order valence-electron chi connectivity index (χ3n) is 3.24. The number of sulfonamides is 1. The predicted molar refractivity (Wildman–Crippen MR) is 87.8 cm³/mol. The van der Waals surface area contributed by atoms with Crippen LogP contribution in [-0.2, 0) is 10.0 Å². The first-order valence-corrected chi connectivity index (χ1v) is 8.15. The number of fused-ring (bicyclic) bond motifs is 1. The van der Waals surface area contributed by atoms with Crippen LogP contribution in [0, 0.1) is 0 Å². The third kappa shape index (κ3) is 3.02. The molecule has 3 rings (SSSR count). The van der Waals surface area contributed by atoms with Crippen molar-refractivity contribution < 1.29 is 13.2 Å². The number of hydrogen-bond donors (Lipinski definition) is 2. The van der Waals surface area contributed by atoms with E-state index in [1.807, 2.05) is 0 Å². The molecule has 0 amide bonds. The van der Waals surface area contributed by atoms with E-state index in [0.717, 1.165) is 10.8 Å². The van der Waals surface area contributed by atoms with Crippen LogP contribution in [0.1, 0.15) is 0 Å². The highest BCUT2D eigenvalue weighted by molar-refractivity contribution is 7.92. The zero-order chi connectivity index (χ0) is 16.4. The molecule has 0 atom stereocenters. The molecule has 0 fully saturated rings. The second-order valence-corrected chi connectivity index (χ2v) is 6.46. The first-order valence-electron chi connectivity index (χ1n) is 6.67. The summed E-state index contributed by atoms with van der Waals surface area (Å²) in [6.07, 6.45) is 2.81. The molecule has 8 heteroatoms. The van der Waals surface area contributed by atoms with Crippen LogP contribution in [0.5, 0.6) is 5.88 Å². The molecule has 23 heavy (non-hydrogen) atoms. The van der Waals surface area contributed by atoms with Crippen LogP contribution in [0.15, 0.2) is 53.7 Å². The van der Waals surface area contributed by atoms with Gasteiger partial charge in [0, 0.05) is 23.5 Å². The standard InChI is InChI=1S/C15H14N4O3S/c1-22-15-13-4-2-11(8-10(13)6-7-17-15)19-23(20,21)12-3-5-14(16)18-9-12/h2-9,19H,1H3,(H2,16,18). The zero-order valence-electron chi connectivity index (χ0n) is 12.2. The number of pyridine rings is 2. The molecule has 0 unspecified atom stereocenters. The van der Waals surface area contributed by atoms with Gasteiger partial charge >= 0.3 is 0 Å². The minimum absolute atomic E-state index is 0.0408. The van der Waals surface area contributed by atoms with Crippen molar-refractivity contribution in [1.82, 2.24) is 9.97 Å². The lowest BCUT2D eigenvalue weighted by Gasteiger charge is -2.10. The lowest BCUT2D eigenvalue weighted by Crippen LogP contribution is -2.13. The molecule has 7 nitrogen and oxygen atoms in total. The highest BCUT2D eigenvalue weighted by Gasteiger charge is 2.15. The normalized spacial score (nSPS) is 11.3. The lowest BCUT2D eigenvalue weighted by molar-refractivity contribution is 0.403. The van der Waals surface area contributed by atoms with Crippen molar-refractivity contribution in [2.24, 2.45) is 0 Å². The van der Waals surface area contributed by atoms with Crippen molar-refractivity contribution >= 4 is 32.3 Å². The molecule has 2 aromatic heterocycles. The van der Waals surface area contributed by atoms with E-state index in [4.69, 9.17) is 10.5 Å². The maximum absolute atomic E-state index is 12.3. The van der Waals surface area contributed by atoms with Gasteiger partial charge in [-0.15, -0.1) is 0 Å². The van der Waals surface area contributed by atoms with E-state index in [1.54, 1.807) is 30.5 Å². The molecule has 3 N–H and O–H groups in total.